The average molecular weight is 207 g/mol. The molecule has 0 heterocycles. The second-order valence-electron chi connectivity index (χ2n) is 4.51. The maximum absolute atomic E-state index is 13.1. The number of halogens is 1. The first-order chi connectivity index (χ1) is 7.22. The summed E-state index contributed by atoms with van der Waals surface area (Å²) in [6.07, 6.45) is 2.54. The van der Waals surface area contributed by atoms with E-state index in [1.54, 1.807) is 6.07 Å². The van der Waals surface area contributed by atoms with E-state index in [4.69, 9.17) is 0 Å². The van der Waals surface area contributed by atoms with Crippen LogP contribution in [-0.4, -0.2) is 13.6 Å². The predicted octanol–water partition coefficient (Wildman–Crippen LogP) is 2.85. The first-order valence-electron chi connectivity index (χ1n) is 5.63. The summed E-state index contributed by atoms with van der Waals surface area (Å²) in [6, 6.07) is 5.54. The summed E-state index contributed by atoms with van der Waals surface area (Å²) in [7, 11) is 1.99. The second-order valence-corrected chi connectivity index (χ2v) is 4.51. The lowest BCUT2D eigenvalue weighted by Gasteiger charge is -2.37. The van der Waals surface area contributed by atoms with E-state index in [-0.39, 0.29) is 5.82 Å². The standard InChI is InChI=1S/C13H18FN/c1-9-7-10(4-6-13(9)14)12-5-3-11(12)8-15-2/h4,6-7,11-12,15H,3,5,8H2,1-2H3. The Morgan fingerprint density at radius 1 is 1.40 bits per heavy atom. The van der Waals surface area contributed by atoms with E-state index in [1.807, 2.05) is 26.1 Å². The number of rotatable bonds is 3. The van der Waals surface area contributed by atoms with E-state index in [0.717, 1.165) is 18.0 Å². The van der Waals surface area contributed by atoms with Crippen molar-refractivity contribution in [2.75, 3.05) is 13.6 Å². The second kappa shape index (κ2) is 4.31. The Bertz CT molecular complexity index is 348. The van der Waals surface area contributed by atoms with Crippen LogP contribution in [0.4, 0.5) is 4.39 Å². The Morgan fingerprint density at radius 2 is 2.20 bits per heavy atom. The molecule has 2 atom stereocenters. The van der Waals surface area contributed by atoms with Crippen LogP contribution in [0, 0.1) is 18.7 Å². The molecular formula is C13H18FN. The van der Waals surface area contributed by atoms with E-state index in [0.29, 0.717) is 5.92 Å². The fourth-order valence-electron chi connectivity index (χ4n) is 2.41. The molecule has 2 rings (SSSR count). The Kier molecular flexibility index (Phi) is 3.06. The molecule has 1 N–H and O–H groups in total. The van der Waals surface area contributed by atoms with Crippen LogP contribution in [0.1, 0.15) is 29.9 Å². The zero-order valence-electron chi connectivity index (χ0n) is 9.39. The molecular weight excluding hydrogens is 189 g/mol. The van der Waals surface area contributed by atoms with Crippen molar-refractivity contribution in [3.63, 3.8) is 0 Å². The van der Waals surface area contributed by atoms with Gasteiger partial charge in [0.1, 0.15) is 5.82 Å². The van der Waals surface area contributed by atoms with Crippen LogP contribution in [0.5, 0.6) is 0 Å². The molecule has 15 heavy (non-hydrogen) atoms. The minimum absolute atomic E-state index is 0.0942. The van der Waals surface area contributed by atoms with Crippen LogP contribution in [0.3, 0.4) is 0 Å². The van der Waals surface area contributed by atoms with Crippen molar-refractivity contribution in [3.05, 3.63) is 35.1 Å². The Labute approximate surface area is 90.7 Å². The van der Waals surface area contributed by atoms with E-state index >= 15 is 0 Å². The topological polar surface area (TPSA) is 12.0 Å². The van der Waals surface area contributed by atoms with E-state index in [9.17, 15) is 4.39 Å². The molecule has 0 saturated heterocycles. The van der Waals surface area contributed by atoms with Crippen LogP contribution < -0.4 is 5.32 Å². The monoisotopic (exact) mass is 207 g/mol. The van der Waals surface area contributed by atoms with Crippen molar-refractivity contribution in [2.24, 2.45) is 5.92 Å². The summed E-state index contributed by atoms with van der Waals surface area (Å²) in [6.45, 7) is 2.91. The zero-order chi connectivity index (χ0) is 10.8. The fraction of sp³-hybridized carbons (Fsp3) is 0.538. The molecule has 82 valence electrons. The van der Waals surface area contributed by atoms with Crippen LogP contribution in [-0.2, 0) is 0 Å². The summed E-state index contributed by atoms with van der Waals surface area (Å²) < 4.78 is 13.1. The molecule has 1 fully saturated rings. The van der Waals surface area contributed by atoms with Gasteiger partial charge in [-0.05, 0) is 62.4 Å². The van der Waals surface area contributed by atoms with Gasteiger partial charge in [0, 0.05) is 0 Å². The van der Waals surface area contributed by atoms with E-state index in [2.05, 4.69) is 5.32 Å². The maximum atomic E-state index is 13.1. The highest BCUT2D eigenvalue weighted by atomic mass is 19.1. The number of nitrogens with one attached hydrogen (secondary N) is 1. The van der Waals surface area contributed by atoms with Gasteiger partial charge in [0.15, 0.2) is 0 Å². The first-order valence-corrected chi connectivity index (χ1v) is 5.63. The molecule has 1 aliphatic carbocycles. The van der Waals surface area contributed by atoms with Gasteiger partial charge >= 0.3 is 0 Å². The van der Waals surface area contributed by atoms with Gasteiger partial charge in [-0.1, -0.05) is 12.1 Å². The lowest BCUT2D eigenvalue weighted by Crippen LogP contribution is -2.32. The lowest BCUT2D eigenvalue weighted by molar-refractivity contribution is 0.250. The van der Waals surface area contributed by atoms with Gasteiger partial charge in [0.2, 0.25) is 0 Å². The van der Waals surface area contributed by atoms with Crippen molar-refractivity contribution in [2.45, 2.75) is 25.7 Å². The van der Waals surface area contributed by atoms with Gasteiger partial charge in [0.05, 0.1) is 0 Å². The molecule has 2 heteroatoms. The van der Waals surface area contributed by atoms with Crippen LogP contribution in [0.25, 0.3) is 0 Å². The van der Waals surface area contributed by atoms with Crippen molar-refractivity contribution in [1.82, 2.24) is 5.32 Å². The normalized spacial score (nSPS) is 25.0. The maximum Gasteiger partial charge on any atom is 0.126 e. The molecule has 0 radical (unpaired) electrons. The quantitative estimate of drug-likeness (QED) is 0.803. The molecule has 2 unspecified atom stereocenters. The number of hydrogen-bond acceptors (Lipinski definition) is 1. The van der Waals surface area contributed by atoms with Gasteiger partial charge in [-0.2, -0.15) is 0 Å². The molecule has 1 nitrogen and oxygen atoms in total. The first kappa shape index (κ1) is 10.6. The molecule has 0 bridgehead atoms. The molecule has 1 aromatic carbocycles. The van der Waals surface area contributed by atoms with Crippen LogP contribution >= 0.6 is 0 Å². The third kappa shape index (κ3) is 2.05. The molecule has 0 aliphatic heterocycles. The third-order valence-electron chi connectivity index (χ3n) is 3.49. The van der Waals surface area contributed by atoms with E-state index in [1.165, 1.54) is 18.4 Å². The Hall–Kier alpha value is -0.890. The lowest BCUT2D eigenvalue weighted by atomic mass is 9.70. The minimum atomic E-state index is -0.0942. The highest BCUT2D eigenvalue weighted by Gasteiger charge is 2.31. The number of aryl methyl sites for hydroxylation is 1. The third-order valence-corrected chi connectivity index (χ3v) is 3.49. The summed E-state index contributed by atoms with van der Waals surface area (Å²) in [5, 5.41) is 3.22. The molecule has 1 saturated carbocycles. The molecule has 0 aromatic heterocycles. The number of hydrogen-bond donors (Lipinski definition) is 1. The van der Waals surface area contributed by atoms with Crippen molar-refractivity contribution < 1.29 is 4.39 Å². The molecule has 0 amide bonds. The Morgan fingerprint density at radius 3 is 2.73 bits per heavy atom. The van der Waals surface area contributed by atoms with Gasteiger partial charge in [0.25, 0.3) is 0 Å². The predicted molar refractivity (Wildman–Crippen MR) is 60.5 cm³/mol. The van der Waals surface area contributed by atoms with Crippen LogP contribution in [0.15, 0.2) is 18.2 Å². The highest BCUT2D eigenvalue weighted by molar-refractivity contribution is 5.28. The highest BCUT2D eigenvalue weighted by Crippen LogP contribution is 2.42. The summed E-state index contributed by atoms with van der Waals surface area (Å²) in [5.74, 6) is 1.28. The minimum Gasteiger partial charge on any atom is -0.319 e. The number of benzene rings is 1. The fourth-order valence-corrected chi connectivity index (χ4v) is 2.41. The Balaban J connectivity index is 2.12. The van der Waals surface area contributed by atoms with Crippen LogP contribution in [0.2, 0.25) is 0 Å². The van der Waals surface area contributed by atoms with E-state index < -0.39 is 0 Å². The summed E-state index contributed by atoms with van der Waals surface area (Å²) in [4.78, 5) is 0. The molecule has 0 spiro atoms. The largest absolute Gasteiger partial charge is 0.319 e. The summed E-state index contributed by atoms with van der Waals surface area (Å²) in [5.41, 5.74) is 2.07. The van der Waals surface area contributed by atoms with Crippen molar-refractivity contribution in [3.8, 4) is 0 Å². The van der Waals surface area contributed by atoms with Gasteiger partial charge in [-0.25, -0.2) is 4.39 Å². The smallest absolute Gasteiger partial charge is 0.126 e. The van der Waals surface area contributed by atoms with Gasteiger partial charge in [-0.15, -0.1) is 0 Å². The van der Waals surface area contributed by atoms with Crippen molar-refractivity contribution in [1.29, 1.82) is 0 Å². The average Bonchev–Trinajstić information content (AvgIpc) is 2.18. The van der Waals surface area contributed by atoms with Gasteiger partial charge in [-0.3, -0.25) is 0 Å². The summed E-state index contributed by atoms with van der Waals surface area (Å²) >= 11 is 0. The molecule has 1 aromatic rings. The van der Waals surface area contributed by atoms with Crippen molar-refractivity contribution >= 4 is 0 Å². The van der Waals surface area contributed by atoms with Gasteiger partial charge < -0.3 is 5.32 Å². The molecule has 1 aliphatic rings. The SMILES string of the molecule is CNCC1CCC1c1ccc(F)c(C)c1. The zero-order valence-corrected chi connectivity index (χ0v) is 9.39.